The third-order valence-corrected chi connectivity index (χ3v) is 11.5. The molecule has 56 heavy (non-hydrogen) atoms. The molecule has 10 aromatic rings. The van der Waals surface area contributed by atoms with Crippen molar-refractivity contribution in [2.75, 3.05) is 6.61 Å². The van der Waals surface area contributed by atoms with Crippen molar-refractivity contribution < 1.29 is 9.15 Å². The van der Waals surface area contributed by atoms with E-state index in [9.17, 15) is 0 Å². The van der Waals surface area contributed by atoms with Crippen molar-refractivity contribution >= 4 is 72.9 Å². The molecule has 1 aliphatic rings. The minimum absolute atomic E-state index is 0.440. The minimum atomic E-state index is 0.440. The van der Waals surface area contributed by atoms with Crippen LogP contribution in [0, 0.1) is 0 Å². The van der Waals surface area contributed by atoms with Crippen LogP contribution in [0.4, 0.5) is 5.69 Å². The van der Waals surface area contributed by atoms with Gasteiger partial charge in [-0.3, -0.25) is 4.99 Å². The predicted molar refractivity (Wildman–Crippen MR) is 234 cm³/mol. The van der Waals surface area contributed by atoms with E-state index in [4.69, 9.17) is 9.15 Å². The van der Waals surface area contributed by atoms with Gasteiger partial charge in [0.2, 0.25) is 0 Å². The van der Waals surface area contributed by atoms with E-state index in [1.54, 1.807) is 0 Å². The standard InChI is InChI=1S/C52H36N2O2/c1-53-46-24-27-50-51(45-31-38(22-26-49(45)56-50)37-21-23-42-39(29-37)20-19-35-12-5-6-15-41(35)42)52(46)55-32-33-18-25-48-44(28-33)43-16-7-8-17-47(43)54(48)40-14-9-13-36(30-40)34-10-3-2-4-11-34/h2-17,19-24,26-31H,1,18,25,32H2. The van der Waals surface area contributed by atoms with Gasteiger partial charge in [-0.25, -0.2) is 0 Å². The lowest BCUT2D eigenvalue weighted by molar-refractivity contribution is 0.353. The SMILES string of the molecule is C=Nc1ccc2oc3ccc(-c4ccc5c(ccc6ccccc65)c4)cc3c2c1OCC1=Cc2c(n(-c3cccc(-c4ccccc4)c3)c3ccccc23)CC1. The van der Waals surface area contributed by atoms with Crippen LogP contribution in [0.15, 0.2) is 179 Å². The molecule has 0 saturated carbocycles. The van der Waals surface area contributed by atoms with Crippen LogP contribution in [0.2, 0.25) is 0 Å². The van der Waals surface area contributed by atoms with E-state index < -0.39 is 0 Å². The van der Waals surface area contributed by atoms with E-state index in [1.165, 1.54) is 66.1 Å². The van der Waals surface area contributed by atoms with Gasteiger partial charge in [-0.2, -0.15) is 0 Å². The van der Waals surface area contributed by atoms with Crippen molar-refractivity contribution in [1.29, 1.82) is 0 Å². The second-order valence-corrected chi connectivity index (χ2v) is 14.7. The molecule has 266 valence electrons. The monoisotopic (exact) mass is 720 g/mol. The fraction of sp³-hybridized carbons (Fsp3) is 0.0577. The van der Waals surface area contributed by atoms with Crippen molar-refractivity contribution in [2.24, 2.45) is 4.99 Å². The normalized spacial score (nSPS) is 12.8. The topological polar surface area (TPSA) is 39.7 Å². The highest BCUT2D eigenvalue weighted by molar-refractivity contribution is 6.12. The third-order valence-electron chi connectivity index (χ3n) is 11.5. The van der Waals surface area contributed by atoms with Gasteiger partial charge in [0.05, 0.1) is 10.9 Å². The minimum Gasteiger partial charge on any atom is -0.486 e. The van der Waals surface area contributed by atoms with Gasteiger partial charge >= 0.3 is 0 Å². The zero-order valence-electron chi connectivity index (χ0n) is 30.7. The van der Waals surface area contributed by atoms with Gasteiger partial charge in [-0.15, -0.1) is 0 Å². The number of nitrogens with zero attached hydrogens (tertiary/aromatic N) is 2. The third kappa shape index (κ3) is 5.25. The number of rotatable bonds is 7. The van der Waals surface area contributed by atoms with E-state index >= 15 is 0 Å². The lowest BCUT2D eigenvalue weighted by Crippen LogP contribution is -2.09. The van der Waals surface area contributed by atoms with E-state index in [-0.39, 0.29) is 0 Å². The number of furan rings is 1. The lowest BCUT2D eigenvalue weighted by atomic mass is 9.96. The number of benzene rings is 8. The van der Waals surface area contributed by atoms with Crippen LogP contribution in [0.25, 0.3) is 88.4 Å². The van der Waals surface area contributed by atoms with Gasteiger partial charge < -0.3 is 13.7 Å². The first kappa shape index (κ1) is 32.3. The summed E-state index contributed by atoms with van der Waals surface area (Å²) >= 11 is 0. The van der Waals surface area contributed by atoms with Crippen LogP contribution < -0.4 is 4.74 Å². The predicted octanol–water partition coefficient (Wildman–Crippen LogP) is 13.9. The fourth-order valence-corrected chi connectivity index (χ4v) is 8.78. The molecule has 0 N–H and O–H groups in total. The quantitative estimate of drug-likeness (QED) is 0.121. The Hall–Kier alpha value is -7.17. The Morgan fingerprint density at radius 2 is 1.30 bits per heavy atom. The zero-order valence-corrected chi connectivity index (χ0v) is 30.7. The Morgan fingerprint density at radius 3 is 2.21 bits per heavy atom. The van der Waals surface area contributed by atoms with Crippen LogP contribution in [-0.4, -0.2) is 17.9 Å². The van der Waals surface area contributed by atoms with E-state index in [0.29, 0.717) is 18.0 Å². The summed E-state index contributed by atoms with van der Waals surface area (Å²) in [7, 11) is 0. The largest absolute Gasteiger partial charge is 0.486 e. The Bertz CT molecular complexity index is 3220. The fourth-order valence-electron chi connectivity index (χ4n) is 8.78. The molecular formula is C52H36N2O2. The number of fused-ring (bicyclic) bond motifs is 9. The summed E-state index contributed by atoms with van der Waals surface area (Å²) < 4.78 is 15.7. The maximum Gasteiger partial charge on any atom is 0.157 e. The average molecular weight is 721 g/mol. The maximum atomic E-state index is 6.81. The Kier molecular flexibility index (Phi) is 7.49. The zero-order chi connectivity index (χ0) is 37.2. The van der Waals surface area contributed by atoms with Crippen LogP contribution in [-0.2, 0) is 6.42 Å². The molecule has 1 aliphatic carbocycles. The Labute approximate surface area is 324 Å². The summed E-state index contributed by atoms with van der Waals surface area (Å²) in [6.45, 7) is 4.36. The summed E-state index contributed by atoms with van der Waals surface area (Å²) in [6.07, 6.45) is 4.14. The van der Waals surface area contributed by atoms with E-state index in [2.05, 4.69) is 174 Å². The number of para-hydroxylation sites is 1. The van der Waals surface area contributed by atoms with Crippen LogP contribution in [0.5, 0.6) is 5.75 Å². The van der Waals surface area contributed by atoms with E-state index in [0.717, 1.165) is 45.9 Å². The molecule has 0 atom stereocenters. The summed E-state index contributed by atoms with van der Waals surface area (Å²) in [5, 5.41) is 8.15. The first-order valence-electron chi connectivity index (χ1n) is 19.2. The van der Waals surface area contributed by atoms with Gasteiger partial charge in [-0.05, 0) is 124 Å². The molecule has 0 fully saturated rings. The van der Waals surface area contributed by atoms with Crippen LogP contribution >= 0.6 is 0 Å². The Morgan fingerprint density at radius 1 is 0.571 bits per heavy atom. The summed E-state index contributed by atoms with van der Waals surface area (Å²) in [4.78, 5) is 4.41. The van der Waals surface area contributed by atoms with Gasteiger partial charge in [0.15, 0.2) is 5.75 Å². The lowest BCUT2D eigenvalue weighted by Gasteiger charge is -2.19. The van der Waals surface area contributed by atoms with Crippen LogP contribution in [0.1, 0.15) is 17.7 Å². The first-order chi connectivity index (χ1) is 27.7. The molecule has 0 bridgehead atoms. The van der Waals surface area contributed by atoms with Gasteiger partial charge in [0, 0.05) is 27.7 Å². The van der Waals surface area contributed by atoms with Gasteiger partial charge in [-0.1, -0.05) is 115 Å². The Balaban J connectivity index is 0.960. The summed E-state index contributed by atoms with van der Waals surface area (Å²) in [5.74, 6) is 0.699. The van der Waals surface area contributed by atoms with E-state index in [1.807, 2.05) is 12.1 Å². The summed E-state index contributed by atoms with van der Waals surface area (Å²) in [6, 6.07) is 58.2. The van der Waals surface area contributed by atoms with Crippen molar-refractivity contribution in [3.8, 4) is 33.7 Å². The van der Waals surface area contributed by atoms with Crippen molar-refractivity contribution in [3.63, 3.8) is 0 Å². The van der Waals surface area contributed by atoms with Gasteiger partial charge in [0.1, 0.15) is 23.5 Å². The van der Waals surface area contributed by atoms with Crippen LogP contribution in [0.3, 0.4) is 0 Å². The molecule has 0 unspecified atom stereocenters. The molecule has 0 spiro atoms. The number of hydrogen-bond acceptors (Lipinski definition) is 3. The second-order valence-electron chi connectivity index (χ2n) is 14.7. The number of ether oxygens (including phenoxy) is 1. The molecule has 2 aromatic heterocycles. The number of aromatic nitrogens is 1. The second kappa shape index (κ2) is 13.0. The smallest absolute Gasteiger partial charge is 0.157 e. The molecule has 0 amide bonds. The molecule has 8 aromatic carbocycles. The van der Waals surface area contributed by atoms with Crippen molar-refractivity contribution in [3.05, 3.63) is 181 Å². The molecule has 0 aliphatic heterocycles. The molecule has 2 heterocycles. The first-order valence-corrected chi connectivity index (χ1v) is 19.2. The average Bonchev–Trinajstić information content (AvgIpc) is 3.81. The number of hydrogen-bond donors (Lipinski definition) is 0. The molecule has 4 heteroatoms. The summed E-state index contributed by atoms with van der Waals surface area (Å²) in [5.41, 5.74) is 13.2. The molecule has 0 radical (unpaired) electrons. The number of aliphatic imine (C=N–C) groups is 1. The maximum absolute atomic E-state index is 6.81. The highest BCUT2D eigenvalue weighted by Gasteiger charge is 2.23. The molecule has 11 rings (SSSR count). The highest BCUT2D eigenvalue weighted by atomic mass is 16.5. The molecule has 0 saturated heterocycles. The molecule has 4 nitrogen and oxygen atoms in total. The van der Waals surface area contributed by atoms with Crippen molar-refractivity contribution in [2.45, 2.75) is 12.8 Å². The van der Waals surface area contributed by atoms with Crippen molar-refractivity contribution in [1.82, 2.24) is 4.57 Å². The van der Waals surface area contributed by atoms with Gasteiger partial charge in [0.25, 0.3) is 0 Å². The molecular weight excluding hydrogens is 685 g/mol. The highest BCUT2D eigenvalue weighted by Crippen LogP contribution is 2.44.